The third-order valence-corrected chi connectivity index (χ3v) is 8.94. The lowest BCUT2D eigenvalue weighted by Gasteiger charge is -2.49. The number of aliphatic carboxylic acids is 1. The third-order valence-electron chi connectivity index (χ3n) is 8.94. The Hall–Kier alpha value is -3.28. The SMILES string of the molecule is CC(=O)N[C@H]1[C@H]([C@H](O)[C@H](O)CNC(=O)c2coc(C)c2)O[C@@](CCN2CCOC[C@@]23CCN(C(=O)OC(C)(C)C)C3)(C(=O)O)C[C@@H]1O. The molecule has 7 atom stereocenters. The molecule has 6 N–H and O–H groups in total. The number of carbonyl (C=O) groups is 4. The molecule has 4 heterocycles. The Kier molecular flexibility index (Phi) is 11.2. The molecular weight excluding hydrogens is 620 g/mol. The van der Waals surface area contributed by atoms with Gasteiger partial charge in [-0.05, 0) is 40.2 Å². The number of aryl methyl sites for hydroxylation is 1. The van der Waals surface area contributed by atoms with Crippen LogP contribution >= 0.6 is 0 Å². The molecule has 3 fully saturated rings. The molecule has 3 amide bonds. The summed E-state index contributed by atoms with van der Waals surface area (Å²) in [4.78, 5) is 53.9. The lowest BCUT2D eigenvalue weighted by Crippen LogP contribution is -2.68. The summed E-state index contributed by atoms with van der Waals surface area (Å²) in [7, 11) is 0. The van der Waals surface area contributed by atoms with Gasteiger partial charge in [-0.3, -0.25) is 14.5 Å². The molecule has 0 aromatic carbocycles. The lowest BCUT2D eigenvalue weighted by atomic mass is 9.81. The van der Waals surface area contributed by atoms with E-state index in [1.54, 1.807) is 32.6 Å². The standard InChI is InChI=1S/C31H48N4O12/c1-18-12-20(15-45-18)26(40)32-14-22(38)24(39)25-23(33-19(2)36)21(37)13-31(46-25,27(41)42)7-9-35-10-11-44-17-30(35)6-8-34(16-30)28(43)47-29(3,4)5/h12,15,21-25,37-39H,6-11,13-14,16-17H2,1-5H3,(H,32,40)(H,33,36)(H,41,42)/t21-,22+,23+,24+,25+,30-,31+/m0/s1. The highest BCUT2D eigenvalue weighted by Gasteiger charge is 2.55. The molecule has 16 heteroatoms. The third kappa shape index (κ3) is 8.61. The maximum Gasteiger partial charge on any atom is 0.410 e. The molecule has 1 aromatic heterocycles. The van der Waals surface area contributed by atoms with E-state index in [1.807, 2.05) is 0 Å². The summed E-state index contributed by atoms with van der Waals surface area (Å²) in [5.41, 5.74) is -3.08. The highest BCUT2D eigenvalue weighted by molar-refractivity contribution is 5.94. The Balaban J connectivity index is 1.50. The highest BCUT2D eigenvalue weighted by Crippen LogP contribution is 2.38. The van der Waals surface area contributed by atoms with Crippen LogP contribution in [0.1, 0.15) is 63.1 Å². The summed E-state index contributed by atoms with van der Waals surface area (Å²) >= 11 is 0. The number of nitrogens with one attached hydrogen (secondary N) is 2. The van der Waals surface area contributed by atoms with Gasteiger partial charge in [-0.15, -0.1) is 0 Å². The molecule has 0 radical (unpaired) electrons. The van der Waals surface area contributed by atoms with E-state index in [2.05, 4.69) is 15.5 Å². The van der Waals surface area contributed by atoms with Crippen molar-refractivity contribution < 1.29 is 58.2 Å². The average molecular weight is 669 g/mol. The fraction of sp³-hybridized carbons (Fsp3) is 0.742. The van der Waals surface area contributed by atoms with E-state index in [0.717, 1.165) is 0 Å². The van der Waals surface area contributed by atoms with Crippen LogP contribution in [0.15, 0.2) is 16.7 Å². The number of ether oxygens (including phenoxy) is 3. The van der Waals surface area contributed by atoms with Crippen LogP contribution in [0, 0.1) is 6.92 Å². The zero-order chi connectivity index (χ0) is 34.7. The molecule has 0 aliphatic carbocycles. The van der Waals surface area contributed by atoms with Gasteiger partial charge in [-0.1, -0.05) is 0 Å². The minimum Gasteiger partial charge on any atom is -0.479 e. The van der Waals surface area contributed by atoms with Gasteiger partial charge < -0.3 is 54.6 Å². The van der Waals surface area contributed by atoms with Crippen LogP contribution in [0.25, 0.3) is 0 Å². The van der Waals surface area contributed by atoms with Crippen LogP contribution in [-0.2, 0) is 23.8 Å². The van der Waals surface area contributed by atoms with Crippen molar-refractivity contribution in [2.45, 2.75) is 101 Å². The molecule has 47 heavy (non-hydrogen) atoms. The van der Waals surface area contributed by atoms with E-state index < -0.39 is 84.0 Å². The van der Waals surface area contributed by atoms with Gasteiger partial charge >= 0.3 is 12.1 Å². The predicted molar refractivity (Wildman–Crippen MR) is 163 cm³/mol. The Morgan fingerprint density at radius 2 is 1.91 bits per heavy atom. The summed E-state index contributed by atoms with van der Waals surface area (Å²) in [6.07, 6.45) is -5.69. The molecule has 3 aliphatic rings. The van der Waals surface area contributed by atoms with Gasteiger partial charge in [0.25, 0.3) is 5.91 Å². The number of carboxylic acid groups (broad SMARTS) is 1. The van der Waals surface area contributed by atoms with E-state index in [0.29, 0.717) is 45.0 Å². The topological polar surface area (TPSA) is 221 Å². The van der Waals surface area contributed by atoms with E-state index in [-0.39, 0.29) is 18.5 Å². The van der Waals surface area contributed by atoms with Crippen molar-refractivity contribution in [3.05, 3.63) is 23.7 Å². The van der Waals surface area contributed by atoms with Gasteiger partial charge in [0.05, 0.1) is 42.6 Å². The number of rotatable bonds is 10. The van der Waals surface area contributed by atoms with Gasteiger partial charge in [-0.25, -0.2) is 9.59 Å². The molecule has 3 aliphatic heterocycles. The molecule has 0 saturated carbocycles. The number of nitrogens with zero attached hydrogens (tertiary/aromatic N) is 2. The summed E-state index contributed by atoms with van der Waals surface area (Å²) in [5, 5.41) is 48.7. The largest absolute Gasteiger partial charge is 0.479 e. The number of aliphatic hydroxyl groups excluding tert-OH is 3. The van der Waals surface area contributed by atoms with Crippen LogP contribution < -0.4 is 10.6 Å². The minimum atomic E-state index is -2.01. The Morgan fingerprint density at radius 3 is 2.53 bits per heavy atom. The van der Waals surface area contributed by atoms with Gasteiger partial charge in [0, 0.05) is 52.5 Å². The van der Waals surface area contributed by atoms with Crippen molar-refractivity contribution in [1.82, 2.24) is 20.4 Å². The molecular formula is C31H48N4O12. The van der Waals surface area contributed by atoms with Crippen molar-refractivity contribution in [3.63, 3.8) is 0 Å². The molecule has 3 saturated heterocycles. The van der Waals surface area contributed by atoms with E-state index >= 15 is 0 Å². The minimum absolute atomic E-state index is 0.129. The number of likely N-dealkylation sites (tertiary alicyclic amines) is 1. The average Bonchev–Trinajstić information content (AvgIpc) is 3.62. The number of aliphatic hydroxyl groups is 3. The number of carboxylic acids is 1. The number of carbonyl (C=O) groups excluding carboxylic acids is 3. The lowest BCUT2D eigenvalue weighted by molar-refractivity contribution is -0.231. The van der Waals surface area contributed by atoms with Crippen LogP contribution in [0.5, 0.6) is 0 Å². The molecule has 0 bridgehead atoms. The Labute approximate surface area is 273 Å². The first-order chi connectivity index (χ1) is 21.9. The van der Waals surface area contributed by atoms with Crippen LogP contribution in [0.4, 0.5) is 4.79 Å². The Morgan fingerprint density at radius 1 is 1.19 bits per heavy atom. The van der Waals surface area contributed by atoms with Crippen molar-refractivity contribution in [1.29, 1.82) is 0 Å². The predicted octanol–water partition coefficient (Wildman–Crippen LogP) is -0.381. The first-order valence-electron chi connectivity index (χ1n) is 15.8. The van der Waals surface area contributed by atoms with Crippen LogP contribution in [-0.4, -0.2) is 147 Å². The number of amides is 3. The van der Waals surface area contributed by atoms with Crippen molar-refractivity contribution in [2.75, 3.05) is 45.9 Å². The molecule has 1 aromatic rings. The van der Waals surface area contributed by atoms with Gasteiger partial charge in [0.2, 0.25) is 5.91 Å². The molecule has 0 unspecified atom stereocenters. The molecule has 16 nitrogen and oxygen atoms in total. The first-order valence-corrected chi connectivity index (χ1v) is 15.8. The van der Waals surface area contributed by atoms with Crippen molar-refractivity contribution >= 4 is 23.9 Å². The normalized spacial score (nSPS) is 29.7. The van der Waals surface area contributed by atoms with Gasteiger partial charge in [0.15, 0.2) is 5.60 Å². The zero-order valence-corrected chi connectivity index (χ0v) is 27.6. The molecule has 264 valence electrons. The summed E-state index contributed by atoms with van der Waals surface area (Å²) in [6, 6.07) is 0.232. The number of furan rings is 1. The number of hydrogen-bond donors (Lipinski definition) is 6. The quantitative estimate of drug-likeness (QED) is 0.187. The van der Waals surface area contributed by atoms with E-state index in [9.17, 15) is 39.6 Å². The van der Waals surface area contributed by atoms with Gasteiger partial charge in [-0.2, -0.15) is 0 Å². The summed E-state index contributed by atoms with van der Waals surface area (Å²) < 4.78 is 22.6. The summed E-state index contributed by atoms with van der Waals surface area (Å²) in [6.45, 7) is 9.84. The maximum absolute atomic E-state index is 12.9. The first kappa shape index (κ1) is 36.6. The van der Waals surface area contributed by atoms with Crippen molar-refractivity contribution in [3.8, 4) is 0 Å². The molecule has 1 spiro atoms. The summed E-state index contributed by atoms with van der Waals surface area (Å²) in [5.74, 6) is -2.04. The van der Waals surface area contributed by atoms with Crippen LogP contribution in [0.2, 0.25) is 0 Å². The molecule has 4 rings (SSSR count). The van der Waals surface area contributed by atoms with E-state index in [1.165, 1.54) is 19.3 Å². The fourth-order valence-electron chi connectivity index (χ4n) is 6.51. The monoisotopic (exact) mass is 668 g/mol. The highest BCUT2D eigenvalue weighted by atomic mass is 16.6. The number of hydrogen-bond acceptors (Lipinski definition) is 12. The maximum atomic E-state index is 12.9. The fourth-order valence-corrected chi connectivity index (χ4v) is 6.51. The van der Waals surface area contributed by atoms with E-state index in [4.69, 9.17) is 18.6 Å². The van der Waals surface area contributed by atoms with Gasteiger partial charge in [0.1, 0.15) is 29.8 Å². The second-order valence-corrected chi connectivity index (χ2v) is 13.8. The second kappa shape index (κ2) is 14.5. The smallest absolute Gasteiger partial charge is 0.410 e. The number of morpholine rings is 1. The second-order valence-electron chi connectivity index (χ2n) is 13.8. The van der Waals surface area contributed by atoms with Crippen LogP contribution in [0.3, 0.4) is 0 Å². The Bertz CT molecular complexity index is 1300. The zero-order valence-electron chi connectivity index (χ0n) is 27.6. The van der Waals surface area contributed by atoms with Crippen molar-refractivity contribution in [2.24, 2.45) is 0 Å².